The molecule has 152 valence electrons. The number of hydrogen-bond acceptors (Lipinski definition) is 5. The minimum atomic E-state index is -1.08. The summed E-state index contributed by atoms with van der Waals surface area (Å²) in [4.78, 5) is 5.05. The van der Waals surface area contributed by atoms with Crippen molar-refractivity contribution in [1.29, 1.82) is 0 Å². The average Bonchev–Trinajstić information content (AvgIpc) is 3.39. The van der Waals surface area contributed by atoms with Gasteiger partial charge in [0.15, 0.2) is 0 Å². The highest BCUT2D eigenvalue weighted by atomic mass is 32.1. The molecular weight excluding hydrogens is 370 g/mol. The molecule has 28 heavy (non-hydrogen) atoms. The highest BCUT2D eigenvalue weighted by Crippen LogP contribution is 2.32. The third-order valence-corrected chi connectivity index (χ3v) is 6.11. The lowest BCUT2D eigenvalue weighted by Crippen LogP contribution is -2.31. The zero-order chi connectivity index (χ0) is 20.0. The molecule has 1 aliphatic heterocycles. The van der Waals surface area contributed by atoms with Crippen molar-refractivity contribution in [3.05, 3.63) is 70.9 Å². The summed E-state index contributed by atoms with van der Waals surface area (Å²) in [6, 6.07) is 8.21. The number of hydrogen-bond donors (Lipinski definition) is 1. The Labute approximate surface area is 172 Å². The van der Waals surface area contributed by atoms with E-state index in [-0.39, 0.29) is 6.10 Å². The number of aryl methyl sites for hydroxylation is 1. The molecule has 3 rings (SSSR count). The number of aliphatic hydroxyl groups is 1. The predicted octanol–water partition coefficient (Wildman–Crippen LogP) is 5.17. The van der Waals surface area contributed by atoms with Crippen molar-refractivity contribution < 1.29 is 14.3 Å². The van der Waals surface area contributed by atoms with E-state index in [0.717, 1.165) is 38.3 Å². The summed E-state index contributed by atoms with van der Waals surface area (Å²) in [5.74, 6) is 1.43. The molecule has 3 heterocycles. The highest BCUT2D eigenvalue weighted by Gasteiger charge is 2.30. The number of rotatable bonds is 11. The van der Waals surface area contributed by atoms with Crippen molar-refractivity contribution in [3.63, 3.8) is 0 Å². The summed E-state index contributed by atoms with van der Waals surface area (Å²) < 4.78 is 11.9. The SMILES string of the molecule is C=CCC(O)(CC=C)c1ccc(CN(Cc2ccc(C)s2)CC2CCCO2)o1. The summed E-state index contributed by atoms with van der Waals surface area (Å²) in [7, 11) is 0. The van der Waals surface area contributed by atoms with Crippen LogP contribution in [0.15, 0.2) is 54.0 Å². The Morgan fingerprint density at radius 3 is 2.61 bits per heavy atom. The van der Waals surface area contributed by atoms with E-state index in [1.54, 1.807) is 12.2 Å². The Balaban J connectivity index is 1.73. The van der Waals surface area contributed by atoms with Gasteiger partial charge in [-0.15, -0.1) is 24.5 Å². The van der Waals surface area contributed by atoms with E-state index in [1.165, 1.54) is 9.75 Å². The molecule has 1 fully saturated rings. The molecule has 2 aromatic rings. The Morgan fingerprint density at radius 1 is 1.21 bits per heavy atom. The van der Waals surface area contributed by atoms with Crippen LogP contribution in [0.25, 0.3) is 0 Å². The van der Waals surface area contributed by atoms with Gasteiger partial charge in [0.05, 0.1) is 12.6 Å². The number of ether oxygens (including phenoxy) is 1. The van der Waals surface area contributed by atoms with Gasteiger partial charge < -0.3 is 14.3 Å². The van der Waals surface area contributed by atoms with Crippen LogP contribution in [-0.4, -0.2) is 29.3 Å². The second-order valence-corrected chi connectivity index (χ2v) is 8.97. The van der Waals surface area contributed by atoms with Crippen molar-refractivity contribution in [1.82, 2.24) is 4.90 Å². The maximum Gasteiger partial charge on any atom is 0.136 e. The quantitative estimate of drug-likeness (QED) is 0.528. The molecule has 0 bridgehead atoms. The van der Waals surface area contributed by atoms with E-state index in [4.69, 9.17) is 9.15 Å². The highest BCUT2D eigenvalue weighted by molar-refractivity contribution is 7.11. The standard InChI is InChI=1S/C23H31NO3S/c1-4-12-23(25,13-5-2)22-11-9-20(27-22)16-24(15-19-7-6-14-26-19)17-21-10-8-18(3)28-21/h4-5,8-11,19,25H,1-2,6-7,12-17H2,3H3. The minimum absolute atomic E-state index is 0.286. The minimum Gasteiger partial charge on any atom is -0.462 e. The smallest absolute Gasteiger partial charge is 0.136 e. The summed E-state index contributed by atoms with van der Waals surface area (Å²) in [6.07, 6.45) is 6.83. The summed E-state index contributed by atoms with van der Waals surface area (Å²) in [5.41, 5.74) is -1.08. The molecule has 2 aromatic heterocycles. The molecule has 4 nitrogen and oxygen atoms in total. The van der Waals surface area contributed by atoms with Gasteiger partial charge in [0.1, 0.15) is 17.1 Å². The van der Waals surface area contributed by atoms with Gasteiger partial charge in [-0.2, -0.15) is 0 Å². The largest absolute Gasteiger partial charge is 0.462 e. The zero-order valence-corrected chi connectivity index (χ0v) is 17.5. The van der Waals surface area contributed by atoms with Crippen LogP contribution < -0.4 is 0 Å². The lowest BCUT2D eigenvalue weighted by atomic mass is 9.93. The normalized spacial score (nSPS) is 17.3. The van der Waals surface area contributed by atoms with E-state index in [0.29, 0.717) is 25.1 Å². The lowest BCUT2D eigenvalue weighted by Gasteiger charge is -2.25. The molecule has 1 N–H and O–H groups in total. The predicted molar refractivity (Wildman–Crippen MR) is 114 cm³/mol. The fourth-order valence-corrected chi connectivity index (χ4v) is 4.68. The maximum absolute atomic E-state index is 10.9. The van der Waals surface area contributed by atoms with Gasteiger partial charge in [0.2, 0.25) is 0 Å². The molecule has 1 aliphatic rings. The average molecular weight is 402 g/mol. The fraction of sp³-hybridized carbons (Fsp3) is 0.478. The van der Waals surface area contributed by atoms with Gasteiger partial charge in [0.25, 0.3) is 0 Å². The van der Waals surface area contributed by atoms with Crippen molar-refractivity contribution in [2.45, 2.75) is 57.4 Å². The van der Waals surface area contributed by atoms with E-state index in [1.807, 2.05) is 23.5 Å². The third-order valence-electron chi connectivity index (χ3n) is 5.13. The van der Waals surface area contributed by atoms with Gasteiger partial charge in [-0.25, -0.2) is 0 Å². The van der Waals surface area contributed by atoms with E-state index < -0.39 is 5.60 Å². The van der Waals surface area contributed by atoms with Gasteiger partial charge in [-0.05, 0) is 44.0 Å². The third kappa shape index (κ3) is 5.45. The molecule has 1 saturated heterocycles. The van der Waals surface area contributed by atoms with Crippen LogP contribution in [-0.2, 0) is 23.4 Å². The Kier molecular flexibility index (Phi) is 7.30. The van der Waals surface area contributed by atoms with Crippen molar-refractivity contribution in [2.75, 3.05) is 13.2 Å². The number of thiophene rings is 1. The fourth-order valence-electron chi connectivity index (χ4n) is 3.75. The van der Waals surface area contributed by atoms with Crippen LogP contribution in [0, 0.1) is 6.92 Å². The van der Waals surface area contributed by atoms with Crippen LogP contribution in [0.5, 0.6) is 0 Å². The van der Waals surface area contributed by atoms with Crippen LogP contribution >= 0.6 is 11.3 Å². The van der Waals surface area contributed by atoms with Crippen LogP contribution in [0.1, 0.15) is 47.0 Å². The molecule has 0 saturated carbocycles. The molecule has 0 amide bonds. The maximum atomic E-state index is 10.9. The lowest BCUT2D eigenvalue weighted by molar-refractivity contribution is 0.0178. The first-order chi connectivity index (χ1) is 13.5. The molecular formula is C23H31NO3S. The topological polar surface area (TPSA) is 45.8 Å². The monoisotopic (exact) mass is 401 g/mol. The zero-order valence-electron chi connectivity index (χ0n) is 16.7. The van der Waals surface area contributed by atoms with Gasteiger partial charge >= 0.3 is 0 Å². The molecule has 0 aliphatic carbocycles. The van der Waals surface area contributed by atoms with Crippen molar-refractivity contribution >= 4 is 11.3 Å². The molecule has 1 unspecified atom stereocenters. The number of nitrogens with zero attached hydrogens (tertiary/aromatic N) is 1. The first kappa shape index (κ1) is 21.1. The summed E-state index contributed by atoms with van der Waals surface area (Å²) in [5, 5.41) is 10.9. The van der Waals surface area contributed by atoms with Crippen molar-refractivity contribution in [3.8, 4) is 0 Å². The van der Waals surface area contributed by atoms with Crippen LogP contribution in [0.3, 0.4) is 0 Å². The van der Waals surface area contributed by atoms with Crippen LogP contribution in [0.2, 0.25) is 0 Å². The van der Waals surface area contributed by atoms with Crippen LogP contribution in [0.4, 0.5) is 0 Å². The molecule has 1 atom stereocenters. The first-order valence-corrected chi connectivity index (χ1v) is 10.8. The Hall–Kier alpha value is -1.66. The van der Waals surface area contributed by atoms with E-state index >= 15 is 0 Å². The van der Waals surface area contributed by atoms with Gasteiger partial charge in [-0.1, -0.05) is 12.2 Å². The van der Waals surface area contributed by atoms with Gasteiger partial charge in [-0.3, -0.25) is 4.90 Å². The van der Waals surface area contributed by atoms with Crippen molar-refractivity contribution in [2.24, 2.45) is 0 Å². The first-order valence-electron chi connectivity index (χ1n) is 9.95. The molecule has 0 spiro atoms. The second kappa shape index (κ2) is 9.70. The molecule has 0 aromatic carbocycles. The second-order valence-electron chi connectivity index (χ2n) is 7.60. The molecule has 5 heteroatoms. The Bertz CT molecular complexity index is 762. The van der Waals surface area contributed by atoms with Gasteiger partial charge in [0, 0.05) is 42.3 Å². The molecule has 0 radical (unpaired) electrons. The summed E-state index contributed by atoms with van der Waals surface area (Å²) in [6.45, 7) is 13.0. The van der Waals surface area contributed by atoms with E-state index in [2.05, 4.69) is 37.1 Å². The number of furan rings is 1. The summed E-state index contributed by atoms with van der Waals surface area (Å²) >= 11 is 1.83. The van der Waals surface area contributed by atoms with E-state index in [9.17, 15) is 5.11 Å². The Morgan fingerprint density at radius 2 is 2.00 bits per heavy atom.